The number of rotatable bonds is 7. The van der Waals surface area contributed by atoms with Gasteiger partial charge in [0, 0.05) is 38.9 Å². The first-order valence-electron chi connectivity index (χ1n) is 10.1. The van der Waals surface area contributed by atoms with E-state index in [0.29, 0.717) is 13.2 Å². The Labute approximate surface area is 172 Å². The summed E-state index contributed by atoms with van der Waals surface area (Å²) >= 11 is 0. The summed E-state index contributed by atoms with van der Waals surface area (Å²) < 4.78 is 5.79. The molecule has 1 atom stereocenters. The van der Waals surface area contributed by atoms with Gasteiger partial charge in [-0.3, -0.25) is 4.90 Å². The Morgan fingerprint density at radius 3 is 2.21 bits per heavy atom. The third-order valence-corrected chi connectivity index (χ3v) is 5.22. The minimum Gasteiger partial charge on any atom is -0.491 e. The van der Waals surface area contributed by atoms with Crippen molar-refractivity contribution in [1.82, 2.24) is 9.88 Å². The van der Waals surface area contributed by atoms with Gasteiger partial charge in [-0.05, 0) is 35.4 Å². The molecule has 3 aromatic rings. The average Bonchev–Trinajstić information content (AvgIpc) is 2.80. The zero-order valence-corrected chi connectivity index (χ0v) is 16.5. The van der Waals surface area contributed by atoms with Crippen molar-refractivity contribution in [2.45, 2.75) is 6.10 Å². The summed E-state index contributed by atoms with van der Waals surface area (Å²) in [4.78, 5) is 8.98. The molecule has 0 bridgehead atoms. The molecule has 0 unspecified atom stereocenters. The number of pyridine rings is 1. The fourth-order valence-corrected chi connectivity index (χ4v) is 3.62. The molecule has 0 saturated carbocycles. The second kappa shape index (κ2) is 9.54. The Morgan fingerprint density at radius 1 is 0.828 bits per heavy atom. The van der Waals surface area contributed by atoms with Crippen molar-refractivity contribution < 1.29 is 9.84 Å². The van der Waals surface area contributed by atoms with E-state index in [-0.39, 0.29) is 0 Å². The van der Waals surface area contributed by atoms with Gasteiger partial charge in [0.05, 0.1) is 0 Å². The number of β-amino-alcohol motifs (C(OH)–C–C–N with tert-alkyl or cyclic N) is 1. The highest BCUT2D eigenvalue weighted by Crippen LogP contribution is 2.22. The number of aliphatic hydroxyl groups excluding tert-OH is 1. The van der Waals surface area contributed by atoms with Gasteiger partial charge in [-0.2, -0.15) is 0 Å². The van der Waals surface area contributed by atoms with E-state index < -0.39 is 6.10 Å². The third-order valence-electron chi connectivity index (χ3n) is 5.22. The molecule has 150 valence electrons. The van der Waals surface area contributed by atoms with Crippen LogP contribution in [0.25, 0.3) is 11.1 Å². The number of hydrogen-bond donors (Lipinski definition) is 1. The van der Waals surface area contributed by atoms with Crippen LogP contribution in [0.15, 0.2) is 79.0 Å². The normalized spacial score (nSPS) is 15.8. The predicted molar refractivity (Wildman–Crippen MR) is 116 cm³/mol. The SMILES string of the molecule is O[C@H](COc1ccc(-c2ccccc2)cc1)CN1CCN(c2ccccn2)CC1. The van der Waals surface area contributed by atoms with E-state index in [2.05, 4.69) is 26.9 Å². The standard InChI is InChI=1S/C24H27N3O2/c28-22(18-26-14-16-27(17-15-26)24-8-4-5-13-25-24)19-29-23-11-9-21(10-12-23)20-6-2-1-3-7-20/h1-13,22,28H,14-19H2/t22-/m0/s1. The number of nitrogens with zero attached hydrogens (tertiary/aromatic N) is 3. The lowest BCUT2D eigenvalue weighted by Gasteiger charge is -2.36. The topological polar surface area (TPSA) is 48.8 Å². The Bertz CT molecular complexity index is 864. The van der Waals surface area contributed by atoms with Crippen molar-refractivity contribution >= 4 is 5.82 Å². The van der Waals surface area contributed by atoms with Gasteiger partial charge >= 0.3 is 0 Å². The molecule has 1 aromatic heterocycles. The lowest BCUT2D eigenvalue weighted by atomic mass is 10.1. The molecular formula is C24H27N3O2. The maximum Gasteiger partial charge on any atom is 0.128 e. The van der Waals surface area contributed by atoms with Crippen LogP contribution < -0.4 is 9.64 Å². The molecule has 0 radical (unpaired) electrons. The van der Waals surface area contributed by atoms with Crippen LogP contribution in [-0.4, -0.2) is 60.4 Å². The molecule has 1 N–H and O–H groups in total. The summed E-state index contributed by atoms with van der Waals surface area (Å²) in [5, 5.41) is 10.4. The van der Waals surface area contributed by atoms with Crippen LogP contribution in [0.2, 0.25) is 0 Å². The monoisotopic (exact) mass is 389 g/mol. The van der Waals surface area contributed by atoms with Gasteiger partial charge in [0.15, 0.2) is 0 Å². The Balaban J connectivity index is 1.21. The van der Waals surface area contributed by atoms with Crippen LogP contribution in [0.1, 0.15) is 0 Å². The summed E-state index contributed by atoms with van der Waals surface area (Å²) in [5.74, 6) is 1.80. The first kappa shape index (κ1) is 19.4. The predicted octanol–water partition coefficient (Wildman–Crippen LogP) is 3.31. The average molecular weight is 389 g/mol. The van der Waals surface area contributed by atoms with Gasteiger partial charge in [-0.15, -0.1) is 0 Å². The van der Waals surface area contributed by atoms with Crippen molar-refractivity contribution in [2.24, 2.45) is 0 Å². The van der Waals surface area contributed by atoms with Crippen LogP contribution in [0.5, 0.6) is 5.75 Å². The van der Waals surface area contributed by atoms with E-state index in [0.717, 1.165) is 43.3 Å². The summed E-state index contributed by atoms with van der Waals surface area (Å²) in [7, 11) is 0. The second-order valence-corrected chi connectivity index (χ2v) is 7.33. The molecule has 0 amide bonds. The largest absolute Gasteiger partial charge is 0.491 e. The van der Waals surface area contributed by atoms with Crippen LogP contribution in [0, 0.1) is 0 Å². The van der Waals surface area contributed by atoms with Crippen LogP contribution in [0.3, 0.4) is 0 Å². The minimum atomic E-state index is -0.509. The molecule has 0 spiro atoms. The summed E-state index contributed by atoms with van der Waals surface area (Å²) in [6, 6.07) is 24.3. The highest BCUT2D eigenvalue weighted by Gasteiger charge is 2.20. The number of aromatic nitrogens is 1. The van der Waals surface area contributed by atoms with E-state index in [1.54, 1.807) is 0 Å². The number of anilines is 1. The van der Waals surface area contributed by atoms with Gasteiger partial charge in [0.1, 0.15) is 24.3 Å². The molecule has 1 fully saturated rings. The quantitative estimate of drug-likeness (QED) is 0.672. The molecule has 1 saturated heterocycles. The molecule has 1 aliphatic rings. The zero-order valence-electron chi connectivity index (χ0n) is 16.5. The van der Waals surface area contributed by atoms with Crippen molar-refractivity contribution in [1.29, 1.82) is 0 Å². The molecule has 4 rings (SSSR count). The Kier molecular flexibility index (Phi) is 6.39. The van der Waals surface area contributed by atoms with Crippen molar-refractivity contribution in [3.05, 3.63) is 79.0 Å². The van der Waals surface area contributed by atoms with Crippen LogP contribution in [-0.2, 0) is 0 Å². The maximum absolute atomic E-state index is 10.4. The lowest BCUT2D eigenvalue weighted by Crippen LogP contribution is -2.49. The fraction of sp³-hybridized carbons (Fsp3) is 0.292. The smallest absolute Gasteiger partial charge is 0.128 e. The Morgan fingerprint density at radius 2 is 1.52 bits per heavy atom. The third kappa shape index (κ3) is 5.34. The van der Waals surface area contributed by atoms with Crippen molar-refractivity contribution in [2.75, 3.05) is 44.2 Å². The highest BCUT2D eigenvalue weighted by molar-refractivity contribution is 5.63. The Hall–Kier alpha value is -2.89. The van der Waals surface area contributed by atoms with E-state index in [9.17, 15) is 5.11 Å². The van der Waals surface area contributed by atoms with Crippen LogP contribution >= 0.6 is 0 Å². The summed E-state index contributed by atoms with van der Waals surface area (Å²) in [6.45, 7) is 4.60. The van der Waals surface area contributed by atoms with E-state index in [4.69, 9.17) is 4.74 Å². The number of benzene rings is 2. The minimum absolute atomic E-state index is 0.297. The fourth-order valence-electron chi connectivity index (χ4n) is 3.62. The first-order valence-corrected chi connectivity index (χ1v) is 10.1. The molecule has 5 nitrogen and oxygen atoms in total. The molecular weight excluding hydrogens is 362 g/mol. The molecule has 29 heavy (non-hydrogen) atoms. The summed E-state index contributed by atoms with van der Waals surface area (Å²) in [6.07, 6.45) is 1.32. The zero-order chi connectivity index (χ0) is 19.9. The maximum atomic E-state index is 10.4. The molecule has 0 aliphatic carbocycles. The molecule has 5 heteroatoms. The van der Waals surface area contributed by atoms with Gasteiger partial charge in [-0.25, -0.2) is 4.98 Å². The summed E-state index contributed by atoms with van der Waals surface area (Å²) in [5.41, 5.74) is 2.34. The number of piperazine rings is 1. The van der Waals surface area contributed by atoms with E-state index >= 15 is 0 Å². The van der Waals surface area contributed by atoms with Gasteiger partial charge in [0.2, 0.25) is 0 Å². The molecule has 2 aromatic carbocycles. The number of ether oxygens (including phenoxy) is 1. The number of aliphatic hydroxyl groups is 1. The van der Waals surface area contributed by atoms with Crippen LogP contribution in [0.4, 0.5) is 5.82 Å². The van der Waals surface area contributed by atoms with Crippen molar-refractivity contribution in [3.63, 3.8) is 0 Å². The number of hydrogen-bond acceptors (Lipinski definition) is 5. The van der Waals surface area contributed by atoms with Gasteiger partial charge in [0.25, 0.3) is 0 Å². The van der Waals surface area contributed by atoms with E-state index in [1.807, 2.05) is 66.9 Å². The lowest BCUT2D eigenvalue weighted by molar-refractivity contribution is 0.0662. The van der Waals surface area contributed by atoms with Crippen molar-refractivity contribution in [3.8, 4) is 16.9 Å². The van der Waals surface area contributed by atoms with Gasteiger partial charge in [-0.1, -0.05) is 48.5 Å². The highest BCUT2D eigenvalue weighted by atomic mass is 16.5. The molecule has 1 aliphatic heterocycles. The van der Waals surface area contributed by atoms with Gasteiger partial charge < -0.3 is 14.7 Å². The second-order valence-electron chi connectivity index (χ2n) is 7.33. The van der Waals surface area contributed by atoms with E-state index in [1.165, 1.54) is 5.56 Å². The first-order chi connectivity index (χ1) is 14.3. The molecule has 2 heterocycles.